The van der Waals surface area contributed by atoms with Crippen LogP contribution in [0.25, 0.3) is 0 Å². The molecule has 0 radical (unpaired) electrons. The van der Waals surface area contributed by atoms with Gasteiger partial charge in [0.05, 0.1) is 12.5 Å². The minimum atomic E-state index is -0.478. The number of rotatable bonds is 3. The van der Waals surface area contributed by atoms with E-state index in [9.17, 15) is 9.90 Å². The summed E-state index contributed by atoms with van der Waals surface area (Å²) in [7, 11) is 0. The molecule has 0 saturated carbocycles. The first-order valence-electron chi connectivity index (χ1n) is 8.81. The summed E-state index contributed by atoms with van der Waals surface area (Å²) >= 11 is 3.33. The molecule has 1 aromatic heterocycles. The van der Waals surface area contributed by atoms with Gasteiger partial charge < -0.3 is 14.9 Å². The Balaban J connectivity index is 1.37. The van der Waals surface area contributed by atoms with Gasteiger partial charge in [0.2, 0.25) is 5.91 Å². The van der Waals surface area contributed by atoms with E-state index >= 15 is 0 Å². The van der Waals surface area contributed by atoms with Crippen LogP contribution in [-0.2, 0) is 4.79 Å². The zero-order valence-electron chi connectivity index (χ0n) is 14.4. The Morgan fingerprint density at radius 1 is 1.44 bits per heavy atom. The molecular formula is C18H23N3O2S2. The molecule has 2 atom stereocenters. The molecule has 1 amide bonds. The lowest BCUT2D eigenvalue weighted by Gasteiger charge is -2.36. The summed E-state index contributed by atoms with van der Waals surface area (Å²) in [5.74, 6) is 0.269. The van der Waals surface area contributed by atoms with Crippen LogP contribution in [0.3, 0.4) is 0 Å². The highest BCUT2D eigenvalue weighted by Crippen LogP contribution is 2.35. The lowest BCUT2D eigenvalue weighted by atomic mass is 9.90. The Labute approximate surface area is 156 Å². The third-order valence-corrected chi connectivity index (χ3v) is 7.27. The van der Waals surface area contributed by atoms with Crippen molar-refractivity contribution in [2.45, 2.75) is 38.2 Å². The van der Waals surface area contributed by atoms with Crippen LogP contribution in [0.1, 0.15) is 35.6 Å². The monoisotopic (exact) mass is 377 g/mol. The number of amides is 1. The smallest absolute Gasteiger partial charge is 0.228 e. The summed E-state index contributed by atoms with van der Waals surface area (Å²) in [5, 5.41) is 15.8. The lowest BCUT2D eigenvalue weighted by molar-refractivity contribution is -0.134. The van der Waals surface area contributed by atoms with Gasteiger partial charge in [-0.3, -0.25) is 9.79 Å². The zero-order chi connectivity index (χ0) is 17.4. The molecule has 7 heteroatoms. The van der Waals surface area contributed by atoms with Crippen molar-refractivity contribution >= 4 is 34.2 Å². The number of likely N-dealkylation sites (tertiary alicyclic amines) is 1. The largest absolute Gasteiger partial charge is 0.391 e. The number of carbonyl (C=O) groups excluding carboxylic acids is 1. The highest BCUT2D eigenvalue weighted by atomic mass is 32.2. The SMILES string of the molecule is Cc1ccsc1[C@@H]1CCN(C(=O)CC2=CSC3=NCCCN23)C[C@H]1O. The van der Waals surface area contributed by atoms with Gasteiger partial charge in [-0.1, -0.05) is 11.8 Å². The van der Waals surface area contributed by atoms with Crippen LogP contribution in [0.4, 0.5) is 0 Å². The van der Waals surface area contributed by atoms with Crippen molar-refractivity contribution in [1.29, 1.82) is 0 Å². The standard InChI is InChI=1S/C18H23N3O2S2/c1-12-4-8-24-17(12)14-3-7-20(10-15(14)22)16(23)9-13-11-25-18-19-5-2-6-21(13)18/h4,8,11,14-15,22H,2-3,5-7,9-10H2,1H3/t14-,15-/m1/s1. The Morgan fingerprint density at radius 2 is 2.32 bits per heavy atom. The summed E-state index contributed by atoms with van der Waals surface area (Å²) in [6.45, 7) is 5.09. The number of fused-ring (bicyclic) bond motifs is 1. The molecule has 0 spiro atoms. The number of β-amino-alcohol motifs (C(OH)–C–C–N with tert-alkyl or cyclic N) is 1. The number of carbonyl (C=O) groups is 1. The topological polar surface area (TPSA) is 56.1 Å². The molecule has 25 heavy (non-hydrogen) atoms. The number of aliphatic hydroxyl groups is 1. The molecule has 0 unspecified atom stereocenters. The van der Waals surface area contributed by atoms with E-state index in [1.807, 2.05) is 4.90 Å². The maximum atomic E-state index is 12.7. The molecule has 1 N–H and O–H groups in total. The minimum absolute atomic E-state index is 0.110. The van der Waals surface area contributed by atoms with Crippen LogP contribution in [0.2, 0.25) is 0 Å². The van der Waals surface area contributed by atoms with Gasteiger partial charge >= 0.3 is 0 Å². The molecule has 0 aromatic carbocycles. The first-order valence-corrected chi connectivity index (χ1v) is 10.6. The average Bonchev–Trinajstić information content (AvgIpc) is 3.21. The summed E-state index contributed by atoms with van der Waals surface area (Å²) < 4.78 is 0. The number of nitrogens with zero attached hydrogens (tertiary/aromatic N) is 3. The van der Waals surface area contributed by atoms with Crippen molar-refractivity contribution in [3.63, 3.8) is 0 Å². The van der Waals surface area contributed by atoms with Crippen molar-refractivity contribution in [2.24, 2.45) is 4.99 Å². The molecule has 4 rings (SSSR count). The molecule has 1 saturated heterocycles. The molecule has 1 fully saturated rings. The van der Waals surface area contributed by atoms with E-state index in [4.69, 9.17) is 0 Å². The third kappa shape index (κ3) is 3.37. The quantitative estimate of drug-likeness (QED) is 0.880. The van der Waals surface area contributed by atoms with Gasteiger partial charge in [0.25, 0.3) is 0 Å². The van der Waals surface area contributed by atoms with E-state index in [0.29, 0.717) is 13.0 Å². The molecular weight excluding hydrogens is 354 g/mol. The first-order chi connectivity index (χ1) is 12.1. The van der Waals surface area contributed by atoms with Gasteiger partial charge in [-0.05, 0) is 42.2 Å². The van der Waals surface area contributed by atoms with E-state index in [1.54, 1.807) is 23.1 Å². The fourth-order valence-corrected chi connectivity index (χ4v) is 5.84. The number of piperidine rings is 1. The number of aryl methyl sites for hydroxylation is 1. The molecule has 0 bridgehead atoms. The molecule has 4 heterocycles. The van der Waals surface area contributed by atoms with Gasteiger partial charge in [0.15, 0.2) is 5.17 Å². The predicted molar refractivity (Wildman–Crippen MR) is 103 cm³/mol. The second kappa shape index (κ2) is 7.13. The summed E-state index contributed by atoms with van der Waals surface area (Å²) in [4.78, 5) is 22.5. The van der Waals surface area contributed by atoms with Crippen molar-refractivity contribution in [1.82, 2.24) is 9.80 Å². The van der Waals surface area contributed by atoms with Crippen LogP contribution < -0.4 is 0 Å². The summed E-state index contributed by atoms with van der Waals surface area (Å²) in [5.41, 5.74) is 2.30. The molecule has 1 aromatic rings. The molecule has 134 valence electrons. The van der Waals surface area contributed by atoms with Gasteiger partial charge in [0.1, 0.15) is 0 Å². The van der Waals surface area contributed by atoms with Crippen LogP contribution in [0.5, 0.6) is 0 Å². The van der Waals surface area contributed by atoms with E-state index in [-0.39, 0.29) is 11.8 Å². The molecule has 0 aliphatic carbocycles. The fraction of sp³-hybridized carbons (Fsp3) is 0.556. The number of hydrogen-bond acceptors (Lipinski definition) is 6. The number of thioether (sulfide) groups is 1. The number of aliphatic hydroxyl groups excluding tert-OH is 1. The molecule has 5 nitrogen and oxygen atoms in total. The Morgan fingerprint density at radius 3 is 3.08 bits per heavy atom. The second-order valence-corrected chi connectivity index (χ2v) is 8.63. The molecule has 3 aliphatic heterocycles. The van der Waals surface area contributed by atoms with E-state index in [1.165, 1.54) is 10.4 Å². The van der Waals surface area contributed by atoms with E-state index < -0.39 is 6.10 Å². The predicted octanol–water partition coefficient (Wildman–Crippen LogP) is 2.77. The maximum absolute atomic E-state index is 12.7. The third-order valence-electron chi connectivity index (χ3n) is 5.17. The lowest BCUT2D eigenvalue weighted by Crippen LogP contribution is -2.46. The number of hydrogen-bond donors (Lipinski definition) is 1. The average molecular weight is 378 g/mol. The fourth-order valence-electron chi connectivity index (χ4n) is 3.77. The first kappa shape index (κ1) is 17.1. The highest BCUT2D eigenvalue weighted by Gasteiger charge is 2.34. The number of aliphatic imine (C=N–C) groups is 1. The summed E-state index contributed by atoms with van der Waals surface area (Å²) in [6.07, 6.45) is 1.80. The van der Waals surface area contributed by atoms with Crippen LogP contribution >= 0.6 is 23.1 Å². The van der Waals surface area contributed by atoms with Crippen molar-refractivity contribution < 1.29 is 9.90 Å². The Hall–Kier alpha value is -1.31. The van der Waals surface area contributed by atoms with Gasteiger partial charge in [0, 0.05) is 42.7 Å². The highest BCUT2D eigenvalue weighted by molar-refractivity contribution is 8.16. The second-order valence-electron chi connectivity index (χ2n) is 6.84. The van der Waals surface area contributed by atoms with E-state index in [0.717, 1.165) is 43.3 Å². The van der Waals surface area contributed by atoms with Gasteiger partial charge in [-0.15, -0.1) is 11.3 Å². The van der Waals surface area contributed by atoms with Gasteiger partial charge in [-0.2, -0.15) is 0 Å². The Bertz CT molecular complexity index is 728. The van der Waals surface area contributed by atoms with Crippen molar-refractivity contribution in [3.05, 3.63) is 33.0 Å². The number of thiophene rings is 1. The summed E-state index contributed by atoms with van der Waals surface area (Å²) in [6, 6.07) is 2.10. The van der Waals surface area contributed by atoms with Crippen LogP contribution in [-0.4, -0.2) is 58.3 Å². The Kier molecular flexibility index (Phi) is 4.88. The maximum Gasteiger partial charge on any atom is 0.228 e. The van der Waals surface area contributed by atoms with E-state index in [2.05, 4.69) is 33.7 Å². The van der Waals surface area contributed by atoms with Crippen molar-refractivity contribution in [2.75, 3.05) is 26.2 Å². The normalized spacial score (nSPS) is 26.3. The van der Waals surface area contributed by atoms with Crippen LogP contribution in [0, 0.1) is 6.92 Å². The number of amidine groups is 1. The van der Waals surface area contributed by atoms with Crippen molar-refractivity contribution in [3.8, 4) is 0 Å². The van der Waals surface area contributed by atoms with Gasteiger partial charge in [-0.25, -0.2) is 0 Å². The minimum Gasteiger partial charge on any atom is -0.391 e. The van der Waals surface area contributed by atoms with Crippen LogP contribution in [0.15, 0.2) is 27.5 Å². The zero-order valence-corrected chi connectivity index (χ0v) is 16.0. The molecule has 3 aliphatic rings.